The van der Waals surface area contributed by atoms with Crippen molar-refractivity contribution in [3.63, 3.8) is 0 Å². The number of urea groups is 1. The Labute approximate surface area is 104 Å². The predicted octanol–water partition coefficient (Wildman–Crippen LogP) is 1.59. The molecule has 0 aliphatic carbocycles. The molecule has 1 heterocycles. The fraction of sp³-hybridized carbons (Fsp3) is 0.909. The first kappa shape index (κ1) is 15.5. The molecule has 0 spiro atoms. The minimum absolute atomic E-state index is 0. The SMILES string of the molecule is CC(C)NC(=O)N1CCC(CCN)CC1.Cl. The summed E-state index contributed by atoms with van der Waals surface area (Å²) in [6, 6.07) is 0.301. The molecule has 5 heteroatoms. The Hall–Kier alpha value is -0.480. The van der Waals surface area contributed by atoms with Crippen LogP contribution in [0.25, 0.3) is 0 Å². The van der Waals surface area contributed by atoms with Crippen LogP contribution >= 0.6 is 12.4 Å². The molecule has 0 aromatic carbocycles. The van der Waals surface area contributed by atoms with E-state index < -0.39 is 0 Å². The lowest BCUT2D eigenvalue weighted by molar-refractivity contribution is 0.166. The van der Waals surface area contributed by atoms with Crippen molar-refractivity contribution in [2.24, 2.45) is 11.7 Å². The van der Waals surface area contributed by atoms with E-state index in [0.29, 0.717) is 0 Å². The molecule has 0 bridgehead atoms. The molecule has 0 radical (unpaired) electrons. The van der Waals surface area contributed by atoms with Gasteiger partial charge < -0.3 is 16.0 Å². The first-order valence-electron chi connectivity index (χ1n) is 5.89. The number of rotatable bonds is 3. The van der Waals surface area contributed by atoms with Crippen LogP contribution in [0.4, 0.5) is 4.79 Å². The van der Waals surface area contributed by atoms with Gasteiger partial charge in [0.05, 0.1) is 0 Å². The molecule has 1 aliphatic rings. The van der Waals surface area contributed by atoms with Gasteiger partial charge in [-0.05, 0) is 45.6 Å². The minimum Gasteiger partial charge on any atom is -0.336 e. The Morgan fingerprint density at radius 2 is 2.00 bits per heavy atom. The number of carbonyl (C=O) groups excluding carboxylic acids is 1. The summed E-state index contributed by atoms with van der Waals surface area (Å²) in [5.74, 6) is 0.720. The van der Waals surface area contributed by atoms with Crippen LogP contribution in [-0.2, 0) is 0 Å². The zero-order chi connectivity index (χ0) is 11.3. The number of piperidine rings is 1. The third-order valence-corrected chi connectivity index (χ3v) is 2.89. The van der Waals surface area contributed by atoms with Crippen LogP contribution < -0.4 is 11.1 Å². The van der Waals surface area contributed by atoms with E-state index in [4.69, 9.17) is 5.73 Å². The van der Waals surface area contributed by atoms with Gasteiger partial charge in [0.1, 0.15) is 0 Å². The summed E-state index contributed by atoms with van der Waals surface area (Å²) in [5.41, 5.74) is 5.53. The van der Waals surface area contributed by atoms with E-state index in [1.807, 2.05) is 18.7 Å². The molecule has 1 saturated heterocycles. The van der Waals surface area contributed by atoms with Crippen LogP contribution in [0.15, 0.2) is 0 Å². The van der Waals surface area contributed by atoms with Crippen molar-refractivity contribution in [3.8, 4) is 0 Å². The maximum absolute atomic E-state index is 11.7. The van der Waals surface area contributed by atoms with E-state index in [-0.39, 0.29) is 24.5 Å². The number of nitrogens with one attached hydrogen (secondary N) is 1. The molecule has 2 amide bonds. The molecule has 1 rings (SSSR count). The highest BCUT2D eigenvalue weighted by molar-refractivity contribution is 5.85. The second-order valence-electron chi connectivity index (χ2n) is 4.61. The van der Waals surface area contributed by atoms with E-state index in [9.17, 15) is 4.79 Å². The molecule has 96 valence electrons. The van der Waals surface area contributed by atoms with Gasteiger partial charge in [0.2, 0.25) is 0 Å². The normalized spacial score (nSPS) is 17.1. The Morgan fingerprint density at radius 3 is 2.44 bits per heavy atom. The highest BCUT2D eigenvalue weighted by Crippen LogP contribution is 2.19. The molecule has 0 atom stereocenters. The molecule has 0 unspecified atom stereocenters. The molecule has 0 aromatic rings. The zero-order valence-electron chi connectivity index (χ0n) is 10.2. The smallest absolute Gasteiger partial charge is 0.317 e. The van der Waals surface area contributed by atoms with Crippen LogP contribution in [0.5, 0.6) is 0 Å². The number of likely N-dealkylation sites (tertiary alicyclic amines) is 1. The molecule has 1 aliphatic heterocycles. The Balaban J connectivity index is 0.00000225. The molecule has 1 fully saturated rings. The average Bonchev–Trinajstić information content (AvgIpc) is 2.18. The topological polar surface area (TPSA) is 58.4 Å². The lowest BCUT2D eigenvalue weighted by atomic mass is 9.94. The quantitative estimate of drug-likeness (QED) is 0.798. The molecular weight excluding hydrogens is 226 g/mol. The third kappa shape index (κ3) is 5.03. The molecule has 0 aromatic heterocycles. The fourth-order valence-corrected chi connectivity index (χ4v) is 2.00. The zero-order valence-corrected chi connectivity index (χ0v) is 11.1. The van der Waals surface area contributed by atoms with Crippen molar-refractivity contribution >= 4 is 18.4 Å². The van der Waals surface area contributed by atoms with E-state index in [0.717, 1.165) is 44.8 Å². The maximum atomic E-state index is 11.7. The van der Waals surface area contributed by atoms with E-state index >= 15 is 0 Å². The number of amides is 2. The van der Waals surface area contributed by atoms with E-state index in [1.54, 1.807) is 0 Å². The first-order valence-corrected chi connectivity index (χ1v) is 5.89. The predicted molar refractivity (Wildman–Crippen MR) is 68.9 cm³/mol. The summed E-state index contributed by atoms with van der Waals surface area (Å²) < 4.78 is 0. The standard InChI is InChI=1S/C11H23N3O.ClH/c1-9(2)13-11(15)14-7-4-10(3-6-12)5-8-14;/h9-10H,3-8,12H2,1-2H3,(H,13,15);1H. The molecular formula is C11H24ClN3O. The number of hydrogen-bond acceptors (Lipinski definition) is 2. The number of nitrogens with zero attached hydrogens (tertiary/aromatic N) is 1. The summed E-state index contributed by atoms with van der Waals surface area (Å²) in [6.45, 7) is 6.49. The van der Waals surface area contributed by atoms with Crippen molar-refractivity contribution in [1.29, 1.82) is 0 Å². The molecule has 4 nitrogen and oxygen atoms in total. The van der Waals surface area contributed by atoms with Gasteiger partial charge in [0, 0.05) is 19.1 Å². The summed E-state index contributed by atoms with van der Waals surface area (Å²) in [5, 5.41) is 2.92. The van der Waals surface area contributed by atoms with Crippen molar-refractivity contribution in [3.05, 3.63) is 0 Å². The van der Waals surface area contributed by atoms with Crippen molar-refractivity contribution in [1.82, 2.24) is 10.2 Å². The number of halogens is 1. The van der Waals surface area contributed by atoms with Crippen LogP contribution in [0.2, 0.25) is 0 Å². The summed E-state index contributed by atoms with van der Waals surface area (Å²) in [4.78, 5) is 13.6. The van der Waals surface area contributed by atoms with Gasteiger partial charge in [0.15, 0.2) is 0 Å². The van der Waals surface area contributed by atoms with Crippen molar-refractivity contribution in [2.75, 3.05) is 19.6 Å². The van der Waals surface area contributed by atoms with Crippen LogP contribution in [0.1, 0.15) is 33.1 Å². The van der Waals surface area contributed by atoms with Crippen molar-refractivity contribution < 1.29 is 4.79 Å². The van der Waals surface area contributed by atoms with Gasteiger partial charge in [-0.25, -0.2) is 4.79 Å². The lowest BCUT2D eigenvalue weighted by Gasteiger charge is -2.32. The number of nitrogens with two attached hydrogens (primary N) is 1. The Morgan fingerprint density at radius 1 is 1.44 bits per heavy atom. The Bertz CT molecular complexity index is 203. The molecule has 0 saturated carbocycles. The number of carbonyl (C=O) groups is 1. The third-order valence-electron chi connectivity index (χ3n) is 2.89. The second-order valence-corrected chi connectivity index (χ2v) is 4.61. The number of hydrogen-bond donors (Lipinski definition) is 2. The second kappa shape index (κ2) is 7.74. The molecule has 3 N–H and O–H groups in total. The van der Waals surface area contributed by atoms with E-state index in [1.165, 1.54) is 0 Å². The van der Waals surface area contributed by atoms with Gasteiger partial charge >= 0.3 is 6.03 Å². The lowest BCUT2D eigenvalue weighted by Crippen LogP contribution is -2.46. The summed E-state index contributed by atoms with van der Waals surface area (Å²) in [6.07, 6.45) is 3.30. The minimum atomic E-state index is 0. The van der Waals surface area contributed by atoms with Gasteiger partial charge in [-0.15, -0.1) is 12.4 Å². The summed E-state index contributed by atoms with van der Waals surface area (Å²) in [7, 11) is 0. The Kier molecular flexibility index (Phi) is 7.51. The fourth-order valence-electron chi connectivity index (χ4n) is 2.00. The average molecular weight is 250 g/mol. The van der Waals surface area contributed by atoms with E-state index in [2.05, 4.69) is 5.32 Å². The van der Waals surface area contributed by atoms with Crippen LogP contribution in [0, 0.1) is 5.92 Å². The maximum Gasteiger partial charge on any atom is 0.317 e. The van der Waals surface area contributed by atoms with Gasteiger partial charge in [0.25, 0.3) is 0 Å². The largest absolute Gasteiger partial charge is 0.336 e. The van der Waals surface area contributed by atoms with Crippen LogP contribution in [-0.4, -0.2) is 36.6 Å². The molecule has 16 heavy (non-hydrogen) atoms. The monoisotopic (exact) mass is 249 g/mol. The summed E-state index contributed by atoms with van der Waals surface area (Å²) >= 11 is 0. The van der Waals surface area contributed by atoms with Crippen LogP contribution in [0.3, 0.4) is 0 Å². The van der Waals surface area contributed by atoms with Gasteiger partial charge in [-0.3, -0.25) is 0 Å². The van der Waals surface area contributed by atoms with Crippen molar-refractivity contribution in [2.45, 2.75) is 39.2 Å². The van der Waals surface area contributed by atoms with Gasteiger partial charge in [-0.2, -0.15) is 0 Å². The highest BCUT2D eigenvalue weighted by atomic mass is 35.5. The van der Waals surface area contributed by atoms with Gasteiger partial charge in [-0.1, -0.05) is 0 Å². The highest BCUT2D eigenvalue weighted by Gasteiger charge is 2.22. The first-order chi connectivity index (χ1) is 7.13.